The molecule has 0 aliphatic heterocycles. The van der Waals surface area contributed by atoms with Crippen LogP contribution in [0, 0.1) is 0 Å². The van der Waals surface area contributed by atoms with Gasteiger partial charge in [-0.1, -0.05) is 18.2 Å². The average molecular weight is 522 g/mol. The molecule has 0 unspecified atom stereocenters. The average Bonchev–Trinajstić information content (AvgIpc) is 3.38. The van der Waals surface area contributed by atoms with Crippen LogP contribution < -0.4 is 19.1 Å². The third-order valence-electron chi connectivity index (χ3n) is 5.78. The van der Waals surface area contributed by atoms with Crippen molar-refractivity contribution in [3.63, 3.8) is 0 Å². The fourth-order valence-electron chi connectivity index (χ4n) is 3.82. The lowest BCUT2D eigenvalue weighted by Gasteiger charge is -2.13. The van der Waals surface area contributed by atoms with Gasteiger partial charge < -0.3 is 19.1 Å². The minimum absolute atomic E-state index is 0.0551. The summed E-state index contributed by atoms with van der Waals surface area (Å²) in [6.07, 6.45) is 1.24. The number of anilines is 1. The first-order valence-electron chi connectivity index (χ1n) is 11.2. The van der Waals surface area contributed by atoms with E-state index in [1.165, 1.54) is 51.8 Å². The summed E-state index contributed by atoms with van der Waals surface area (Å²) >= 11 is 0. The molecule has 0 saturated carbocycles. The second kappa shape index (κ2) is 10.4. The van der Waals surface area contributed by atoms with Crippen molar-refractivity contribution in [3.05, 3.63) is 84.2 Å². The predicted octanol–water partition coefficient (Wildman–Crippen LogP) is 4.11. The van der Waals surface area contributed by atoms with Crippen molar-refractivity contribution in [1.29, 1.82) is 0 Å². The molecule has 0 amide bonds. The Labute approximate surface area is 215 Å². The Morgan fingerprint density at radius 2 is 1.46 bits per heavy atom. The van der Waals surface area contributed by atoms with Gasteiger partial charge in [-0.2, -0.15) is 0 Å². The van der Waals surface area contributed by atoms with Gasteiger partial charge in [-0.3, -0.25) is 4.79 Å². The number of carbonyl (C=O) groups excluding carboxylic acids is 1. The summed E-state index contributed by atoms with van der Waals surface area (Å²) in [5.74, 6) is 0.528. The van der Waals surface area contributed by atoms with E-state index in [2.05, 4.69) is 4.98 Å². The summed E-state index contributed by atoms with van der Waals surface area (Å²) in [5.41, 5.74) is 1.61. The number of rotatable bonds is 9. The molecule has 0 aliphatic rings. The number of imidazole rings is 1. The van der Waals surface area contributed by atoms with Crippen molar-refractivity contribution in [1.82, 2.24) is 8.96 Å². The molecule has 4 rings (SSSR count). The van der Waals surface area contributed by atoms with Crippen LogP contribution in [0.5, 0.6) is 17.2 Å². The molecular weight excluding hydrogens is 494 g/mol. The summed E-state index contributed by atoms with van der Waals surface area (Å²) in [5, 5.41) is 0. The molecule has 0 atom stereocenters. The van der Waals surface area contributed by atoms with E-state index in [-0.39, 0.29) is 22.0 Å². The summed E-state index contributed by atoms with van der Waals surface area (Å²) < 4.78 is 44.3. The molecule has 1 heterocycles. The Morgan fingerprint density at radius 1 is 0.865 bits per heavy atom. The van der Waals surface area contributed by atoms with E-state index in [1.807, 2.05) is 31.1 Å². The molecule has 0 bridgehead atoms. The Bertz CT molecular complexity index is 1500. The van der Waals surface area contributed by atoms with Gasteiger partial charge in [0.1, 0.15) is 5.69 Å². The van der Waals surface area contributed by atoms with Gasteiger partial charge in [0.25, 0.3) is 10.0 Å². The minimum atomic E-state index is -4.05. The number of aromatic nitrogens is 2. The van der Waals surface area contributed by atoms with Crippen LogP contribution in [0.1, 0.15) is 16.1 Å². The first-order valence-corrected chi connectivity index (χ1v) is 12.7. The van der Waals surface area contributed by atoms with Gasteiger partial charge in [0.05, 0.1) is 32.4 Å². The fraction of sp³-hybridized carbons (Fsp3) is 0.185. The standard InChI is InChI=1S/C27H27N3O6S/c1-29(2)20-13-11-18(12-14-20)27-28-22(17-30(27)37(32,33)21-9-7-6-8-10-21)25(31)19-15-23(34-3)26(36-5)24(16-19)35-4/h6-17H,1-5H3. The molecule has 37 heavy (non-hydrogen) atoms. The van der Waals surface area contributed by atoms with Crippen LogP contribution in [0.15, 0.2) is 77.8 Å². The quantitative estimate of drug-likeness (QED) is 0.304. The van der Waals surface area contributed by atoms with Crippen molar-refractivity contribution in [2.75, 3.05) is 40.3 Å². The lowest BCUT2D eigenvalue weighted by atomic mass is 10.1. The van der Waals surface area contributed by atoms with E-state index in [1.54, 1.807) is 30.3 Å². The Hall–Kier alpha value is -4.31. The van der Waals surface area contributed by atoms with Crippen molar-refractivity contribution < 1.29 is 27.4 Å². The number of carbonyl (C=O) groups is 1. The predicted molar refractivity (Wildman–Crippen MR) is 141 cm³/mol. The third-order valence-corrected chi connectivity index (χ3v) is 7.44. The zero-order chi connectivity index (χ0) is 26.7. The van der Waals surface area contributed by atoms with Crippen LogP contribution in [0.2, 0.25) is 0 Å². The second-order valence-electron chi connectivity index (χ2n) is 8.25. The molecule has 192 valence electrons. The van der Waals surface area contributed by atoms with Crippen molar-refractivity contribution in [3.8, 4) is 28.6 Å². The first kappa shape index (κ1) is 25.8. The van der Waals surface area contributed by atoms with E-state index in [9.17, 15) is 13.2 Å². The monoisotopic (exact) mass is 521 g/mol. The fourth-order valence-corrected chi connectivity index (χ4v) is 5.16. The molecule has 0 aliphatic carbocycles. The highest BCUT2D eigenvalue weighted by Crippen LogP contribution is 2.39. The zero-order valence-electron chi connectivity index (χ0n) is 21.1. The number of methoxy groups -OCH3 is 3. The number of benzene rings is 3. The SMILES string of the molecule is COc1cc(C(=O)c2cn(S(=O)(=O)c3ccccc3)c(-c3ccc(N(C)C)cc3)n2)cc(OC)c1OC. The minimum Gasteiger partial charge on any atom is -0.493 e. The Kier molecular flexibility index (Phi) is 7.21. The van der Waals surface area contributed by atoms with Gasteiger partial charge >= 0.3 is 0 Å². The molecule has 9 nitrogen and oxygen atoms in total. The van der Waals surface area contributed by atoms with E-state index in [4.69, 9.17) is 14.2 Å². The first-order chi connectivity index (χ1) is 17.7. The molecule has 10 heteroatoms. The van der Waals surface area contributed by atoms with E-state index in [0.717, 1.165) is 9.66 Å². The lowest BCUT2D eigenvalue weighted by Crippen LogP contribution is -2.13. The maximum absolute atomic E-state index is 13.6. The molecule has 1 aromatic heterocycles. The molecule has 0 spiro atoms. The number of hydrogen-bond donors (Lipinski definition) is 0. The molecule has 0 fully saturated rings. The highest BCUT2D eigenvalue weighted by Gasteiger charge is 2.27. The van der Waals surface area contributed by atoms with E-state index >= 15 is 0 Å². The Balaban J connectivity index is 1.89. The van der Waals surface area contributed by atoms with E-state index < -0.39 is 15.8 Å². The van der Waals surface area contributed by atoms with Gasteiger partial charge in [-0.15, -0.1) is 0 Å². The van der Waals surface area contributed by atoms with Crippen LogP contribution in [-0.2, 0) is 10.0 Å². The molecule has 0 N–H and O–H groups in total. The van der Waals surface area contributed by atoms with Gasteiger partial charge in [-0.05, 0) is 48.5 Å². The second-order valence-corrected chi connectivity index (χ2v) is 10.1. The summed E-state index contributed by atoms with van der Waals surface area (Å²) in [4.78, 5) is 20.0. The lowest BCUT2D eigenvalue weighted by molar-refractivity contribution is 0.103. The highest BCUT2D eigenvalue weighted by molar-refractivity contribution is 7.90. The van der Waals surface area contributed by atoms with Gasteiger partial charge in [0.15, 0.2) is 17.3 Å². The normalized spacial score (nSPS) is 11.2. The smallest absolute Gasteiger partial charge is 0.269 e. The third kappa shape index (κ3) is 4.88. The van der Waals surface area contributed by atoms with Crippen LogP contribution in [0.3, 0.4) is 0 Å². The number of ketones is 1. The van der Waals surface area contributed by atoms with Crippen LogP contribution in [0.4, 0.5) is 5.69 Å². The summed E-state index contributed by atoms with van der Waals surface area (Å²) in [7, 11) is 4.12. The largest absolute Gasteiger partial charge is 0.493 e. The number of hydrogen-bond acceptors (Lipinski definition) is 8. The summed E-state index contributed by atoms with van der Waals surface area (Å²) in [6, 6.07) is 18.2. The molecule has 4 aromatic rings. The van der Waals surface area contributed by atoms with Crippen LogP contribution >= 0.6 is 0 Å². The van der Waals surface area contributed by atoms with Gasteiger partial charge in [-0.25, -0.2) is 17.4 Å². The Morgan fingerprint density at radius 3 is 1.97 bits per heavy atom. The topological polar surface area (TPSA) is 100.0 Å². The number of ether oxygens (including phenoxy) is 3. The highest BCUT2D eigenvalue weighted by atomic mass is 32.2. The molecule has 0 radical (unpaired) electrons. The van der Waals surface area contributed by atoms with Gasteiger partial charge in [0, 0.05) is 30.9 Å². The maximum Gasteiger partial charge on any atom is 0.269 e. The van der Waals surface area contributed by atoms with E-state index in [0.29, 0.717) is 22.8 Å². The molecular formula is C27H27N3O6S. The molecule has 0 saturated heterocycles. The maximum atomic E-state index is 13.6. The van der Waals surface area contributed by atoms with Gasteiger partial charge in [0.2, 0.25) is 11.5 Å². The van der Waals surface area contributed by atoms with Crippen LogP contribution in [0.25, 0.3) is 11.4 Å². The van der Waals surface area contributed by atoms with Crippen molar-refractivity contribution >= 4 is 21.5 Å². The van der Waals surface area contributed by atoms with Crippen molar-refractivity contribution in [2.24, 2.45) is 0 Å². The van der Waals surface area contributed by atoms with Crippen LogP contribution in [-0.4, -0.2) is 58.6 Å². The molecule has 3 aromatic carbocycles. The number of nitrogens with zero attached hydrogens (tertiary/aromatic N) is 3. The summed E-state index contributed by atoms with van der Waals surface area (Å²) in [6.45, 7) is 0. The zero-order valence-corrected chi connectivity index (χ0v) is 21.9. The van der Waals surface area contributed by atoms with Crippen molar-refractivity contribution in [2.45, 2.75) is 4.90 Å².